The Morgan fingerprint density at radius 2 is 2.00 bits per heavy atom. The number of alkyl halides is 3. The molecule has 1 N–H and O–H groups in total. The van der Waals surface area contributed by atoms with Crippen molar-refractivity contribution in [3.05, 3.63) is 0 Å². The zero-order chi connectivity index (χ0) is 14.6. The van der Waals surface area contributed by atoms with E-state index in [9.17, 15) is 22.8 Å². The molecule has 110 valence electrons. The van der Waals surface area contributed by atoms with Crippen LogP contribution in [0.1, 0.15) is 13.3 Å². The number of carboxylic acids is 1. The van der Waals surface area contributed by atoms with Crippen LogP contribution >= 0.6 is 0 Å². The van der Waals surface area contributed by atoms with Gasteiger partial charge in [-0.25, -0.2) is 0 Å². The normalized spacial score (nSPS) is 23.7. The monoisotopic (exact) mass is 283 g/mol. The lowest BCUT2D eigenvalue weighted by Gasteiger charge is -2.16. The van der Waals surface area contributed by atoms with Crippen molar-refractivity contribution in [2.75, 3.05) is 26.3 Å². The predicted molar refractivity (Wildman–Crippen MR) is 58.4 cm³/mol. The fourth-order valence-electron chi connectivity index (χ4n) is 2.00. The lowest BCUT2D eigenvalue weighted by atomic mass is 9.99. The average Bonchev–Trinajstić information content (AvgIpc) is 2.65. The fraction of sp³-hybridized carbons (Fsp3) is 0.818. The quantitative estimate of drug-likeness (QED) is 0.768. The number of ether oxygens (including phenoxy) is 1. The molecule has 1 aliphatic heterocycles. The summed E-state index contributed by atoms with van der Waals surface area (Å²) in [5.74, 6) is -2.11. The second kappa shape index (κ2) is 6.23. The van der Waals surface area contributed by atoms with Crippen LogP contribution in [0.25, 0.3) is 0 Å². The minimum Gasteiger partial charge on any atom is -0.481 e. The first-order valence-electron chi connectivity index (χ1n) is 5.86. The van der Waals surface area contributed by atoms with Crippen LogP contribution in [0.15, 0.2) is 0 Å². The van der Waals surface area contributed by atoms with Crippen LogP contribution in [0.4, 0.5) is 13.2 Å². The van der Waals surface area contributed by atoms with Crippen molar-refractivity contribution >= 4 is 11.9 Å². The predicted octanol–water partition coefficient (Wildman–Crippen LogP) is 1.13. The molecule has 1 fully saturated rings. The number of amides is 1. The maximum atomic E-state index is 11.8. The first-order chi connectivity index (χ1) is 8.70. The first kappa shape index (κ1) is 15.7. The number of carboxylic acid groups (broad SMARTS) is 1. The van der Waals surface area contributed by atoms with Gasteiger partial charge in [0.15, 0.2) is 0 Å². The third kappa shape index (κ3) is 5.06. The van der Waals surface area contributed by atoms with Gasteiger partial charge in [0.05, 0.1) is 18.9 Å². The highest BCUT2D eigenvalue weighted by atomic mass is 19.4. The maximum Gasteiger partial charge on any atom is 0.411 e. The number of hydrogen-bond donors (Lipinski definition) is 1. The highest BCUT2D eigenvalue weighted by Crippen LogP contribution is 2.23. The van der Waals surface area contributed by atoms with E-state index in [2.05, 4.69) is 4.74 Å². The zero-order valence-electron chi connectivity index (χ0n) is 10.4. The van der Waals surface area contributed by atoms with Gasteiger partial charge in [-0.15, -0.1) is 0 Å². The van der Waals surface area contributed by atoms with E-state index in [1.54, 1.807) is 6.92 Å². The number of carbonyl (C=O) groups excluding carboxylic acids is 1. The summed E-state index contributed by atoms with van der Waals surface area (Å²) in [5.41, 5.74) is 0. The summed E-state index contributed by atoms with van der Waals surface area (Å²) in [6.07, 6.45) is -4.57. The molecule has 0 aromatic heterocycles. The Balaban J connectivity index is 2.30. The second-order valence-electron chi connectivity index (χ2n) is 4.64. The van der Waals surface area contributed by atoms with Crippen LogP contribution in [0.3, 0.4) is 0 Å². The zero-order valence-corrected chi connectivity index (χ0v) is 10.4. The van der Waals surface area contributed by atoms with Crippen LogP contribution in [0.5, 0.6) is 0 Å². The number of carbonyl (C=O) groups is 2. The van der Waals surface area contributed by atoms with Gasteiger partial charge in [0.25, 0.3) is 0 Å². The molecule has 0 aromatic rings. The summed E-state index contributed by atoms with van der Waals surface area (Å²) in [6, 6.07) is 0. The van der Waals surface area contributed by atoms with E-state index in [1.165, 1.54) is 4.90 Å². The third-order valence-corrected chi connectivity index (χ3v) is 3.01. The molecule has 5 nitrogen and oxygen atoms in total. The standard InChI is InChI=1S/C11H16F3NO4/c1-7-4-15(5-8(7)10(17)18)9(16)2-3-19-6-11(12,13)14/h7-8H,2-6H2,1H3,(H,17,18). The summed E-state index contributed by atoms with van der Waals surface area (Å²) in [5, 5.41) is 8.90. The Morgan fingerprint density at radius 3 is 2.47 bits per heavy atom. The smallest absolute Gasteiger partial charge is 0.411 e. The maximum absolute atomic E-state index is 11.8. The van der Waals surface area contributed by atoms with Crippen molar-refractivity contribution in [2.45, 2.75) is 19.5 Å². The van der Waals surface area contributed by atoms with Gasteiger partial charge in [-0.1, -0.05) is 6.92 Å². The molecule has 0 bridgehead atoms. The lowest BCUT2D eigenvalue weighted by Crippen LogP contribution is -2.31. The van der Waals surface area contributed by atoms with Crippen LogP contribution in [-0.4, -0.2) is 54.4 Å². The highest BCUT2D eigenvalue weighted by Gasteiger charge is 2.36. The molecular weight excluding hydrogens is 267 g/mol. The molecule has 1 heterocycles. The van der Waals surface area contributed by atoms with E-state index in [0.717, 1.165) is 0 Å². The van der Waals surface area contributed by atoms with E-state index in [-0.39, 0.29) is 31.4 Å². The van der Waals surface area contributed by atoms with Gasteiger partial charge in [0.2, 0.25) is 5.91 Å². The van der Waals surface area contributed by atoms with Crippen molar-refractivity contribution in [1.82, 2.24) is 4.90 Å². The summed E-state index contributed by atoms with van der Waals surface area (Å²) in [4.78, 5) is 23.9. The van der Waals surface area contributed by atoms with Gasteiger partial charge < -0.3 is 14.7 Å². The minimum atomic E-state index is -4.40. The Hall–Kier alpha value is -1.31. The average molecular weight is 283 g/mol. The van der Waals surface area contributed by atoms with Crippen molar-refractivity contribution < 1.29 is 32.6 Å². The first-order valence-corrected chi connectivity index (χ1v) is 5.86. The third-order valence-electron chi connectivity index (χ3n) is 3.01. The van der Waals surface area contributed by atoms with E-state index in [1.807, 2.05) is 0 Å². The number of aliphatic carboxylic acids is 1. The highest BCUT2D eigenvalue weighted by molar-refractivity contribution is 5.79. The molecule has 0 aromatic carbocycles. The Labute approximate surface area is 108 Å². The molecule has 0 spiro atoms. The van der Waals surface area contributed by atoms with Gasteiger partial charge in [-0.3, -0.25) is 9.59 Å². The summed E-state index contributed by atoms with van der Waals surface area (Å²) < 4.78 is 39.7. The molecular formula is C11H16F3NO4. The van der Waals surface area contributed by atoms with Crippen molar-refractivity contribution in [1.29, 1.82) is 0 Å². The van der Waals surface area contributed by atoms with Gasteiger partial charge >= 0.3 is 12.1 Å². The molecule has 0 aliphatic carbocycles. The molecule has 2 atom stereocenters. The molecule has 1 rings (SSSR count). The summed E-state index contributed by atoms with van der Waals surface area (Å²) in [7, 11) is 0. The van der Waals surface area contributed by atoms with E-state index >= 15 is 0 Å². The SMILES string of the molecule is CC1CN(C(=O)CCOCC(F)(F)F)CC1C(=O)O. The van der Waals surface area contributed by atoms with Crippen molar-refractivity contribution in [3.8, 4) is 0 Å². The molecule has 0 radical (unpaired) electrons. The van der Waals surface area contributed by atoms with Gasteiger partial charge in [-0.05, 0) is 5.92 Å². The number of rotatable bonds is 5. The number of likely N-dealkylation sites (tertiary alicyclic amines) is 1. The van der Waals surface area contributed by atoms with Crippen LogP contribution in [0.2, 0.25) is 0 Å². The number of hydrogen-bond acceptors (Lipinski definition) is 3. The molecule has 2 unspecified atom stereocenters. The minimum absolute atomic E-state index is 0.106. The molecule has 1 amide bonds. The van der Waals surface area contributed by atoms with Gasteiger partial charge in [0.1, 0.15) is 6.61 Å². The largest absolute Gasteiger partial charge is 0.481 e. The van der Waals surface area contributed by atoms with Gasteiger partial charge in [-0.2, -0.15) is 13.2 Å². The van der Waals surface area contributed by atoms with Crippen molar-refractivity contribution in [3.63, 3.8) is 0 Å². The molecule has 0 saturated carbocycles. The van der Waals surface area contributed by atoms with Crippen LogP contribution in [0, 0.1) is 11.8 Å². The van der Waals surface area contributed by atoms with E-state index in [4.69, 9.17) is 5.11 Å². The van der Waals surface area contributed by atoms with Gasteiger partial charge in [0, 0.05) is 13.1 Å². The van der Waals surface area contributed by atoms with E-state index < -0.39 is 24.7 Å². The van der Waals surface area contributed by atoms with Crippen LogP contribution in [-0.2, 0) is 14.3 Å². The topological polar surface area (TPSA) is 66.8 Å². The Bertz CT molecular complexity index is 345. The summed E-state index contributed by atoms with van der Waals surface area (Å²) in [6.45, 7) is 0.450. The van der Waals surface area contributed by atoms with Crippen LogP contribution < -0.4 is 0 Å². The Morgan fingerprint density at radius 1 is 1.37 bits per heavy atom. The molecule has 1 aliphatic rings. The molecule has 1 saturated heterocycles. The molecule has 8 heteroatoms. The van der Waals surface area contributed by atoms with Crippen molar-refractivity contribution in [2.24, 2.45) is 11.8 Å². The second-order valence-corrected chi connectivity index (χ2v) is 4.64. The number of nitrogens with zero attached hydrogens (tertiary/aromatic N) is 1. The van der Waals surface area contributed by atoms with E-state index in [0.29, 0.717) is 6.54 Å². The summed E-state index contributed by atoms with van der Waals surface area (Å²) >= 11 is 0. The Kier molecular flexibility index (Phi) is 5.16. The fourth-order valence-corrected chi connectivity index (χ4v) is 2.00. The lowest BCUT2D eigenvalue weighted by molar-refractivity contribution is -0.175. The molecule has 19 heavy (non-hydrogen) atoms. The number of halogens is 3.